The predicted molar refractivity (Wildman–Crippen MR) is 80.9 cm³/mol. The second-order valence-electron chi connectivity index (χ2n) is 5.71. The SMILES string of the molecule is CN(CC1CCCN1C)C(=O)c1c[nH]c2ccccc12. The number of hydrogen-bond donors (Lipinski definition) is 1. The number of carbonyl (C=O) groups is 1. The van der Waals surface area contributed by atoms with Gasteiger partial charge in [-0.15, -0.1) is 0 Å². The highest BCUT2D eigenvalue weighted by Crippen LogP contribution is 2.20. The Kier molecular flexibility index (Phi) is 3.49. The number of aromatic nitrogens is 1. The summed E-state index contributed by atoms with van der Waals surface area (Å²) in [7, 11) is 4.04. The fourth-order valence-corrected chi connectivity index (χ4v) is 3.06. The maximum absolute atomic E-state index is 12.6. The summed E-state index contributed by atoms with van der Waals surface area (Å²) in [5.74, 6) is 0.0998. The highest BCUT2D eigenvalue weighted by molar-refractivity contribution is 6.06. The maximum Gasteiger partial charge on any atom is 0.255 e. The first-order valence-corrected chi connectivity index (χ1v) is 7.18. The van der Waals surface area contributed by atoms with E-state index in [2.05, 4.69) is 16.9 Å². The molecule has 1 fully saturated rings. The third-order valence-electron chi connectivity index (χ3n) is 4.32. The highest BCUT2D eigenvalue weighted by atomic mass is 16.2. The summed E-state index contributed by atoms with van der Waals surface area (Å²) < 4.78 is 0. The van der Waals surface area contributed by atoms with Gasteiger partial charge in [0.1, 0.15) is 0 Å². The van der Waals surface area contributed by atoms with Crippen LogP contribution in [-0.4, -0.2) is 53.9 Å². The monoisotopic (exact) mass is 271 g/mol. The van der Waals surface area contributed by atoms with Crippen LogP contribution in [0.3, 0.4) is 0 Å². The van der Waals surface area contributed by atoms with Crippen molar-refractivity contribution in [3.63, 3.8) is 0 Å². The largest absolute Gasteiger partial charge is 0.360 e. The molecule has 2 aromatic rings. The molecular weight excluding hydrogens is 250 g/mol. The molecule has 0 radical (unpaired) electrons. The molecule has 1 saturated heterocycles. The van der Waals surface area contributed by atoms with Crippen LogP contribution in [0.2, 0.25) is 0 Å². The van der Waals surface area contributed by atoms with Crippen molar-refractivity contribution in [1.29, 1.82) is 0 Å². The number of carbonyl (C=O) groups excluding carboxylic acids is 1. The zero-order valence-corrected chi connectivity index (χ0v) is 12.1. The number of fused-ring (bicyclic) bond motifs is 1. The number of likely N-dealkylation sites (N-methyl/N-ethyl adjacent to an activating group) is 2. The molecular formula is C16H21N3O. The molecule has 2 heterocycles. The van der Waals surface area contributed by atoms with Crippen molar-refractivity contribution in [2.24, 2.45) is 0 Å². The molecule has 1 amide bonds. The molecule has 1 atom stereocenters. The van der Waals surface area contributed by atoms with E-state index in [4.69, 9.17) is 0 Å². The smallest absolute Gasteiger partial charge is 0.255 e. The van der Waals surface area contributed by atoms with Gasteiger partial charge in [-0.05, 0) is 32.5 Å². The van der Waals surface area contributed by atoms with Gasteiger partial charge in [-0.2, -0.15) is 0 Å². The maximum atomic E-state index is 12.6. The number of nitrogens with zero attached hydrogens (tertiary/aromatic N) is 2. The Morgan fingerprint density at radius 2 is 2.25 bits per heavy atom. The minimum atomic E-state index is 0.0998. The quantitative estimate of drug-likeness (QED) is 0.930. The molecule has 1 aromatic carbocycles. The van der Waals surface area contributed by atoms with E-state index in [0.717, 1.165) is 29.6 Å². The number of H-pyrrole nitrogens is 1. The summed E-state index contributed by atoms with van der Waals surface area (Å²) in [6, 6.07) is 8.43. The first-order valence-electron chi connectivity index (χ1n) is 7.18. The Morgan fingerprint density at radius 1 is 1.45 bits per heavy atom. The summed E-state index contributed by atoms with van der Waals surface area (Å²) in [4.78, 5) is 20.0. The summed E-state index contributed by atoms with van der Waals surface area (Å²) in [5.41, 5.74) is 1.78. The molecule has 0 bridgehead atoms. The van der Waals surface area contributed by atoms with Gasteiger partial charge in [-0.3, -0.25) is 4.79 Å². The Hall–Kier alpha value is -1.81. The van der Waals surface area contributed by atoms with E-state index in [1.807, 2.05) is 42.4 Å². The van der Waals surface area contributed by atoms with E-state index in [-0.39, 0.29) is 5.91 Å². The fraction of sp³-hybridized carbons (Fsp3) is 0.438. The first kappa shape index (κ1) is 13.2. The van der Waals surface area contributed by atoms with Gasteiger partial charge in [0.15, 0.2) is 0 Å². The van der Waals surface area contributed by atoms with Crippen molar-refractivity contribution in [2.75, 3.05) is 27.2 Å². The van der Waals surface area contributed by atoms with Crippen LogP contribution in [-0.2, 0) is 0 Å². The van der Waals surface area contributed by atoms with E-state index in [9.17, 15) is 4.79 Å². The third kappa shape index (κ3) is 2.31. The second-order valence-corrected chi connectivity index (χ2v) is 5.71. The number of hydrogen-bond acceptors (Lipinski definition) is 2. The van der Waals surface area contributed by atoms with Crippen molar-refractivity contribution < 1.29 is 4.79 Å². The van der Waals surface area contributed by atoms with Gasteiger partial charge in [0.05, 0.1) is 5.56 Å². The van der Waals surface area contributed by atoms with Gasteiger partial charge in [0.25, 0.3) is 5.91 Å². The van der Waals surface area contributed by atoms with Crippen LogP contribution in [0.5, 0.6) is 0 Å². The highest BCUT2D eigenvalue weighted by Gasteiger charge is 2.25. The zero-order valence-electron chi connectivity index (χ0n) is 12.1. The van der Waals surface area contributed by atoms with Gasteiger partial charge in [-0.1, -0.05) is 18.2 Å². The topological polar surface area (TPSA) is 39.3 Å². The number of rotatable bonds is 3. The van der Waals surface area contributed by atoms with Crippen molar-refractivity contribution >= 4 is 16.8 Å². The van der Waals surface area contributed by atoms with Crippen molar-refractivity contribution in [3.05, 3.63) is 36.0 Å². The summed E-state index contributed by atoms with van der Waals surface area (Å²) >= 11 is 0. The van der Waals surface area contributed by atoms with Crippen molar-refractivity contribution in [1.82, 2.24) is 14.8 Å². The van der Waals surface area contributed by atoms with Crippen LogP contribution in [0.25, 0.3) is 10.9 Å². The lowest BCUT2D eigenvalue weighted by molar-refractivity contribution is 0.0763. The Morgan fingerprint density at radius 3 is 3.00 bits per heavy atom. The van der Waals surface area contributed by atoms with Crippen LogP contribution in [0.1, 0.15) is 23.2 Å². The van der Waals surface area contributed by atoms with Gasteiger partial charge in [0.2, 0.25) is 0 Å². The van der Waals surface area contributed by atoms with Gasteiger partial charge in [-0.25, -0.2) is 0 Å². The summed E-state index contributed by atoms with van der Waals surface area (Å²) in [5, 5.41) is 1.00. The number of para-hydroxylation sites is 1. The molecule has 4 nitrogen and oxygen atoms in total. The Bertz CT molecular complexity index is 619. The molecule has 1 aliphatic rings. The molecule has 0 aliphatic carbocycles. The molecule has 1 aliphatic heterocycles. The Labute approximate surface area is 119 Å². The lowest BCUT2D eigenvalue weighted by Crippen LogP contribution is -2.39. The number of aromatic amines is 1. The van der Waals surface area contributed by atoms with E-state index in [1.165, 1.54) is 12.8 Å². The van der Waals surface area contributed by atoms with Crippen LogP contribution in [0.4, 0.5) is 0 Å². The fourth-order valence-electron chi connectivity index (χ4n) is 3.06. The molecule has 3 rings (SSSR count). The molecule has 1 unspecified atom stereocenters. The normalized spacial score (nSPS) is 19.6. The molecule has 20 heavy (non-hydrogen) atoms. The second kappa shape index (κ2) is 5.29. The minimum absolute atomic E-state index is 0.0998. The minimum Gasteiger partial charge on any atom is -0.360 e. The number of benzene rings is 1. The van der Waals surface area contributed by atoms with Gasteiger partial charge >= 0.3 is 0 Å². The average Bonchev–Trinajstić information content (AvgIpc) is 3.05. The lowest BCUT2D eigenvalue weighted by Gasteiger charge is -2.25. The number of amides is 1. The van der Waals surface area contributed by atoms with Gasteiger partial charge in [0, 0.05) is 36.7 Å². The molecule has 1 N–H and O–H groups in total. The number of likely N-dealkylation sites (tertiary alicyclic amines) is 1. The first-order chi connectivity index (χ1) is 9.66. The summed E-state index contributed by atoms with van der Waals surface area (Å²) in [6.45, 7) is 1.94. The van der Waals surface area contributed by atoms with E-state index >= 15 is 0 Å². The van der Waals surface area contributed by atoms with Crippen LogP contribution in [0.15, 0.2) is 30.5 Å². The van der Waals surface area contributed by atoms with E-state index < -0.39 is 0 Å². The number of nitrogens with one attached hydrogen (secondary N) is 1. The van der Waals surface area contributed by atoms with Gasteiger partial charge < -0.3 is 14.8 Å². The molecule has 0 saturated carbocycles. The van der Waals surface area contributed by atoms with Crippen LogP contribution < -0.4 is 0 Å². The molecule has 4 heteroatoms. The van der Waals surface area contributed by atoms with E-state index in [1.54, 1.807) is 0 Å². The molecule has 1 aromatic heterocycles. The predicted octanol–water partition coefficient (Wildman–Crippen LogP) is 2.33. The summed E-state index contributed by atoms with van der Waals surface area (Å²) in [6.07, 6.45) is 4.24. The zero-order chi connectivity index (χ0) is 14.1. The van der Waals surface area contributed by atoms with Crippen LogP contribution in [0, 0.1) is 0 Å². The standard InChI is InChI=1S/C16H21N3O/c1-18-9-5-6-12(18)11-19(2)16(20)14-10-17-15-8-4-3-7-13(14)15/h3-4,7-8,10,12,17H,5-6,9,11H2,1-2H3. The van der Waals surface area contributed by atoms with Crippen LogP contribution >= 0.6 is 0 Å². The Balaban J connectivity index is 1.78. The third-order valence-corrected chi connectivity index (χ3v) is 4.32. The van der Waals surface area contributed by atoms with E-state index in [0.29, 0.717) is 6.04 Å². The lowest BCUT2D eigenvalue weighted by atomic mass is 10.1. The average molecular weight is 271 g/mol. The molecule has 0 spiro atoms. The van der Waals surface area contributed by atoms with Crippen molar-refractivity contribution in [2.45, 2.75) is 18.9 Å². The molecule has 106 valence electrons. The van der Waals surface area contributed by atoms with Crippen molar-refractivity contribution in [3.8, 4) is 0 Å².